The van der Waals surface area contributed by atoms with Crippen LogP contribution in [0, 0.1) is 5.92 Å². The van der Waals surface area contributed by atoms with Crippen LogP contribution < -0.4 is 21.7 Å². The number of nitrogens with two attached hydrogens (primary N) is 1. The number of carbonyl (C=O) groups is 4. The summed E-state index contributed by atoms with van der Waals surface area (Å²) < 4.78 is 0. The van der Waals surface area contributed by atoms with Gasteiger partial charge in [0.2, 0.25) is 17.7 Å². The summed E-state index contributed by atoms with van der Waals surface area (Å²) in [5, 5.41) is 34.1. The van der Waals surface area contributed by atoms with Crippen LogP contribution in [0.15, 0.2) is 0 Å². The average Bonchev–Trinajstić information content (AvgIpc) is 2.59. The molecule has 0 heterocycles. The van der Waals surface area contributed by atoms with E-state index in [1.807, 2.05) is 0 Å². The number of thiol groups is 1. The summed E-state index contributed by atoms with van der Waals surface area (Å²) in [4.78, 5) is 47.0. The molecule has 4 atom stereocenters. The molecule has 0 aliphatic heterocycles. The Kier molecular flexibility index (Phi) is 10.8. The SMILES string of the molecule is CC(C)C(NC(=O)C(CO)NC(=O)C(CO)NC(=O)C(N)CS)C(=O)O. The molecule has 3 amide bonds. The van der Waals surface area contributed by atoms with E-state index in [0.717, 1.165) is 0 Å². The van der Waals surface area contributed by atoms with Crippen molar-refractivity contribution in [2.24, 2.45) is 11.7 Å². The Morgan fingerprint density at radius 3 is 1.69 bits per heavy atom. The molecular formula is C14H26N4O7S. The molecule has 150 valence electrons. The third-order valence-electron chi connectivity index (χ3n) is 3.40. The van der Waals surface area contributed by atoms with Gasteiger partial charge in [0.05, 0.1) is 19.3 Å². The first-order valence-electron chi connectivity index (χ1n) is 7.81. The number of rotatable bonds is 11. The van der Waals surface area contributed by atoms with Gasteiger partial charge in [-0.25, -0.2) is 4.79 Å². The monoisotopic (exact) mass is 394 g/mol. The minimum absolute atomic E-state index is 0.0129. The second-order valence-electron chi connectivity index (χ2n) is 5.85. The largest absolute Gasteiger partial charge is 0.480 e. The predicted molar refractivity (Wildman–Crippen MR) is 94.3 cm³/mol. The number of aliphatic hydroxyl groups excluding tert-OH is 2. The molecule has 0 saturated heterocycles. The third-order valence-corrected chi connectivity index (χ3v) is 3.79. The van der Waals surface area contributed by atoms with Crippen molar-refractivity contribution >= 4 is 36.3 Å². The molecule has 0 aromatic carbocycles. The van der Waals surface area contributed by atoms with E-state index in [0.29, 0.717) is 0 Å². The standard InChI is InChI=1S/C14H26N4O7S/c1-6(2)10(14(24)25)18-13(23)9(4-20)17-12(22)8(3-19)16-11(21)7(15)5-26/h6-10,19-20,26H,3-5,15H2,1-2H3,(H,16,21)(H,17,22)(H,18,23)(H,24,25). The van der Waals surface area contributed by atoms with Crippen LogP contribution in [0.4, 0.5) is 0 Å². The van der Waals surface area contributed by atoms with Gasteiger partial charge in [0.25, 0.3) is 0 Å². The van der Waals surface area contributed by atoms with Crippen molar-refractivity contribution < 1.29 is 34.5 Å². The number of carbonyl (C=O) groups excluding carboxylic acids is 3. The van der Waals surface area contributed by atoms with Crippen molar-refractivity contribution in [3.63, 3.8) is 0 Å². The van der Waals surface area contributed by atoms with Gasteiger partial charge < -0.3 is 37.0 Å². The van der Waals surface area contributed by atoms with E-state index in [2.05, 4.69) is 28.6 Å². The molecular weight excluding hydrogens is 368 g/mol. The summed E-state index contributed by atoms with van der Waals surface area (Å²) in [7, 11) is 0. The van der Waals surface area contributed by atoms with E-state index in [-0.39, 0.29) is 5.75 Å². The van der Waals surface area contributed by atoms with Crippen LogP contribution in [0.2, 0.25) is 0 Å². The van der Waals surface area contributed by atoms with Gasteiger partial charge in [-0.05, 0) is 5.92 Å². The molecule has 4 unspecified atom stereocenters. The minimum Gasteiger partial charge on any atom is -0.480 e. The lowest BCUT2D eigenvalue weighted by Crippen LogP contribution is -2.59. The first-order valence-corrected chi connectivity index (χ1v) is 8.44. The number of aliphatic carboxylic acids is 1. The molecule has 26 heavy (non-hydrogen) atoms. The van der Waals surface area contributed by atoms with Crippen molar-refractivity contribution in [2.45, 2.75) is 38.0 Å². The molecule has 0 aromatic rings. The average molecular weight is 394 g/mol. The van der Waals surface area contributed by atoms with Gasteiger partial charge in [-0.15, -0.1) is 0 Å². The van der Waals surface area contributed by atoms with E-state index < -0.39 is 67.0 Å². The molecule has 0 saturated carbocycles. The van der Waals surface area contributed by atoms with Crippen LogP contribution in [0.3, 0.4) is 0 Å². The van der Waals surface area contributed by atoms with Gasteiger partial charge in [0.15, 0.2) is 0 Å². The fraction of sp³-hybridized carbons (Fsp3) is 0.714. The van der Waals surface area contributed by atoms with Gasteiger partial charge in [-0.3, -0.25) is 14.4 Å². The van der Waals surface area contributed by atoms with Gasteiger partial charge in [0, 0.05) is 5.75 Å². The number of carboxylic acids is 1. The van der Waals surface area contributed by atoms with Gasteiger partial charge in [-0.2, -0.15) is 12.6 Å². The van der Waals surface area contributed by atoms with Crippen LogP contribution in [-0.2, 0) is 19.2 Å². The van der Waals surface area contributed by atoms with Crippen molar-refractivity contribution in [1.82, 2.24) is 16.0 Å². The summed E-state index contributed by atoms with van der Waals surface area (Å²) in [6.45, 7) is 1.56. The molecule has 12 heteroatoms. The number of aliphatic hydroxyl groups is 2. The number of nitrogens with one attached hydrogen (secondary N) is 3. The smallest absolute Gasteiger partial charge is 0.326 e. The van der Waals surface area contributed by atoms with Gasteiger partial charge in [0.1, 0.15) is 18.1 Å². The quantitative estimate of drug-likeness (QED) is 0.165. The normalized spacial score (nSPS) is 15.5. The zero-order valence-corrected chi connectivity index (χ0v) is 15.4. The first-order chi connectivity index (χ1) is 12.1. The molecule has 0 fully saturated rings. The lowest BCUT2D eigenvalue weighted by Gasteiger charge is -2.24. The number of amides is 3. The second-order valence-corrected chi connectivity index (χ2v) is 6.21. The maximum atomic E-state index is 12.1. The molecule has 0 radical (unpaired) electrons. The zero-order chi connectivity index (χ0) is 20.4. The Labute approximate surface area is 156 Å². The van der Waals surface area contributed by atoms with Gasteiger partial charge >= 0.3 is 5.97 Å². The predicted octanol–water partition coefficient (Wildman–Crippen LogP) is -3.58. The highest BCUT2D eigenvalue weighted by Crippen LogP contribution is 2.02. The second kappa shape index (κ2) is 11.7. The minimum atomic E-state index is -1.47. The highest BCUT2D eigenvalue weighted by atomic mass is 32.1. The van der Waals surface area contributed by atoms with E-state index >= 15 is 0 Å². The zero-order valence-electron chi connectivity index (χ0n) is 14.5. The fourth-order valence-electron chi connectivity index (χ4n) is 1.79. The molecule has 0 aliphatic carbocycles. The van der Waals surface area contributed by atoms with E-state index in [4.69, 9.17) is 10.8 Å². The van der Waals surface area contributed by atoms with E-state index in [1.165, 1.54) is 0 Å². The summed E-state index contributed by atoms with van der Waals surface area (Å²) >= 11 is 3.84. The Hall–Kier alpha value is -1.89. The Morgan fingerprint density at radius 1 is 0.923 bits per heavy atom. The molecule has 0 bridgehead atoms. The molecule has 0 aliphatic rings. The van der Waals surface area contributed by atoms with Crippen LogP contribution in [0.1, 0.15) is 13.8 Å². The highest BCUT2D eigenvalue weighted by molar-refractivity contribution is 7.80. The molecule has 11 nitrogen and oxygen atoms in total. The van der Waals surface area contributed by atoms with E-state index in [1.54, 1.807) is 13.8 Å². The topological polar surface area (TPSA) is 191 Å². The summed E-state index contributed by atoms with van der Waals surface area (Å²) in [6, 6.07) is -5.09. The Balaban J connectivity index is 4.95. The Morgan fingerprint density at radius 2 is 1.35 bits per heavy atom. The number of carboxylic acid groups (broad SMARTS) is 1. The number of hydrogen-bond acceptors (Lipinski definition) is 8. The lowest BCUT2D eigenvalue weighted by atomic mass is 10.0. The van der Waals surface area contributed by atoms with Crippen LogP contribution in [-0.4, -0.2) is 82.1 Å². The van der Waals surface area contributed by atoms with Crippen LogP contribution in [0.25, 0.3) is 0 Å². The lowest BCUT2D eigenvalue weighted by molar-refractivity contribution is -0.143. The summed E-state index contributed by atoms with van der Waals surface area (Å²) in [6.07, 6.45) is 0. The van der Waals surface area contributed by atoms with E-state index in [9.17, 15) is 29.4 Å². The Bertz CT molecular complexity index is 518. The van der Waals surface area contributed by atoms with Gasteiger partial charge in [-0.1, -0.05) is 13.8 Å². The van der Waals surface area contributed by atoms with Crippen molar-refractivity contribution in [2.75, 3.05) is 19.0 Å². The van der Waals surface area contributed by atoms with Crippen molar-refractivity contribution in [3.05, 3.63) is 0 Å². The molecule has 0 spiro atoms. The maximum Gasteiger partial charge on any atom is 0.326 e. The molecule has 0 aromatic heterocycles. The maximum absolute atomic E-state index is 12.1. The molecule has 0 rings (SSSR count). The van der Waals surface area contributed by atoms with Crippen LogP contribution >= 0.6 is 12.6 Å². The number of hydrogen-bond donors (Lipinski definition) is 8. The molecule has 8 N–H and O–H groups in total. The van der Waals surface area contributed by atoms with Crippen molar-refractivity contribution in [1.29, 1.82) is 0 Å². The van der Waals surface area contributed by atoms with Crippen molar-refractivity contribution in [3.8, 4) is 0 Å². The third kappa shape index (κ3) is 7.56. The summed E-state index contributed by atoms with van der Waals surface area (Å²) in [5.41, 5.74) is 5.45. The summed E-state index contributed by atoms with van der Waals surface area (Å²) in [5.74, 6) is -4.28. The first kappa shape index (κ1) is 24.1. The fourth-order valence-corrected chi connectivity index (χ4v) is 1.96. The van der Waals surface area contributed by atoms with Crippen LogP contribution in [0.5, 0.6) is 0 Å². The highest BCUT2D eigenvalue weighted by Gasteiger charge is 2.30.